The SMILES string of the molecule is Cl.NCC1CCC(NC(=O)O)CC1. The second-order valence-electron chi connectivity index (χ2n) is 3.40. The van der Waals surface area contributed by atoms with E-state index in [-0.39, 0.29) is 18.4 Å². The molecule has 4 N–H and O–H groups in total. The first-order chi connectivity index (χ1) is 5.72. The van der Waals surface area contributed by atoms with Crippen LogP contribution in [0.25, 0.3) is 0 Å². The van der Waals surface area contributed by atoms with E-state index in [1.165, 1.54) is 0 Å². The van der Waals surface area contributed by atoms with Gasteiger partial charge in [-0.25, -0.2) is 4.79 Å². The molecule has 0 unspecified atom stereocenters. The summed E-state index contributed by atoms with van der Waals surface area (Å²) in [6.45, 7) is 0.736. The van der Waals surface area contributed by atoms with Gasteiger partial charge < -0.3 is 16.2 Å². The largest absolute Gasteiger partial charge is 0.465 e. The van der Waals surface area contributed by atoms with Crippen molar-refractivity contribution in [2.45, 2.75) is 31.7 Å². The Balaban J connectivity index is 0.00000144. The number of hydrogen-bond acceptors (Lipinski definition) is 2. The summed E-state index contributed by atoms with van der Waals surface area (Å²) in [6, 6.07) is 0.158. The Morgan fingerprint density at radius 1 is 1.38 bits per heavy atom. The van der Waals surface area contributed by atoms with Gasteiger partial charge in [-0.2, -0.15) is 0 Å². The number of rotatable bonds is 2. The third-order valence-corrected chi connectivity index (χ3v) is 2.51. The number of hydrogen-bond donors (Lipinski definition) is 3. The quantitative estimate of drug-likeness (QED) is 0.638. The molecule has 0 aromatic heterocycles. The second kappa shape index (κ2) is 6.05. The zero-order chi connectivity index (χ0) is 8.97. The minimum absolute atomic E-state index is 0. The van der Waals surface area contributed by atoms with Crippen LogP contribution in [0.1, 0.15) is 25.7 Å². The van der Waals surface area contributed by atoms with Crippen molar-refractivity contribution in [2.24, 2.45) is 11.7 Å². The van der Waals surface area contributed by atoms with Crippen molar-refractivity contribution in [1.29, 1.82) is 0 Å². The van der Waals surface area contributed by atoms with Crippen LogP contribution >= 0.6 is 12.4 Å². The monoisotopic (exact) mass is 208 g/mol. The van der Waals surface area contributed by atoms with Gasteiger partial charge in [0, 0.05) is 6.04 Å². The highest BCUT2D eigenvalue weighted by molar-refractivity contribution is 5.85. The first kappa shape index (κ1) is 12.5. The molecule has 1 aliphatic carbocycles. The summed E-state index contributed by atoms with van der Waals surface area (Å²) in [6.07, 6.45) is 3.08. The minimum Gasteiger partial charge on any atom is -0.465 e. The van der Waals surface area contributed by atoms with Crippen molar-refractivity contribution in [2.75, 3.05) is 6.54 Å². The Labute approximate surface area is 84.3 Å². The van der Waals surface area contributed by atoms with Crippen LogP contribution in [-0.4, -0.2) is 23.8 Å². The fraction of sp³-hybridized carbons (Fsp3) is 0.875. The summed E-state index contributed by atoms with van der Waals surface area (Å²) >= 11 is 0. The maximum absolute atomic E-state index is 10.3. The van der Waals surface area contributed by atoms with Gasteiger partial charge in [0.05, 0.1) is 0 Å². The number of halogens is 1. The molecule has 0 saturated heterocycles. The first-order valence-electron chi connectivity index (χ1n) is 4.42. The van der Waals surface area contributed by atoms with Crippen LogP contribution in [-0.2, 0) is 0 Å². The summed E-state index contributed by atoms with van der Waals surface area (Å²) in [4.78, 5) is 10.3. The Kier molecular flexibility index (Phi) is 5.82. The number of carboxylic acid groups (broad SMARTS) is 1. The lowest BCUT2D eigenvalue weighted by Gasteiger charge is -2.27. The molecule has 13 heavy (non-hydrogen) atoms. The van der Waals surface area contributed by atoms with E-state index < -0.39 is 6.09 Å². The van der Waals surface area contributed by atoms with Crippen LogP contribution in [0.4, 0.5) is 4.79 Å². The molecule has 5 heteroatoms. The molecule has 1 aliphatic rings. The van der Waals surface area contributed by atoms with Crippen LogP contribution in [0.15, 0.2) is 0 Å². The third kappa shape index (κ3) is 4.33. The molecule has 0 radical (unpaired) electrons. The lowest BCUT2D eigenvalue weighted by molar-refractivity contribution is 0.182. The predicted octanol–water partition coefficient (Wildman–Crippen LogP) is 1.19. The predicted molar refractivity (Wildman–Crippen MR) is 53.2 cm³/mol. The third-order valence-electron chi connectivity index (χ3n) is 2.51. The van der Waals surface area contributed by atoms with E-state index in [0.717, 1.165) is 32.2 Å². The standard InChI is InChI=1S/C8H16N2O2.ClH/c9-5-6-1-3-7(4-2-6)10-8(11)12;/h6-7,10H,1-5,9H2,(H,11,12);1H. The van der Waals surface area contributed by atoms with E-state index in [9.17, 15) is 4.79 Å². The molecule has 4 nitrogen and oxygen atoms in total. The van der Waals surface area contributed by atoms with Gasteiger partial charge in [-0.05, 0) is 38.1 Å². The fourth-order valence-electron chi connectivity index (χ4n) is 1.72. The highest BCUT2D eigenvalue weighted by Crippen LogP contribution is 2.22. The van der Waals surface area contributed by atoms with Gasteiger partial charge in [-0.3, -0.25) is 0 Å². The minimum atomic E-state index is -0.911. The van der Waals surface area contributed by atoms with Gasteiger partial charge in [0.1, 0.15) is 0 Å². The van der Waals surface area contributed by atoms with E-state index in [1.54, 1.807) is 0 Å². The molecule has 0 aromatic carbocycles. The molecular weight excluding hydrogens is 192 g/mol. The molecule has 1 fully saturated rings. The van der Waals surface area contributed by atoms with E-state index >= 15 is 0 Å². The zero-order valence-corrected chi connectivity index (χ0v) is 8.35. The maximum Gasteiger partial charge on any atom is 0.404 e. The lowest BCUT2D eigenvalue weighted by Crippen LogP contribution is -2.37. The topological polar surface area (TPSA) is 75.3 Å². The van der Waals surface area contributed by atoms with E-state index in [1.807, 2.05) is 0 Å². The van der Waals surface area contributed by atoms with E-state index in [2.05, 4.69) is 5.32 Å². The molecule has 0 aliphatic heterocycles. The van der Waals surface area contributed by atoms with Gasteiger partial charge in [-0.15, -0.1) is 12.4 Å². The van der Waals surface area contributed by atoms with Crippen LogP contribution in [0.5, 0.6) is 0 Å². The fourth-order valence-corrected chi connectivity index (χ4v) is 1.72. The van der Waals surface area contributed by atoms with Crippen molar-refractivity contribution < 1.29 is 9.90 Å². The van der Waals surface area contributed by atoms with Crippen molar-refractivity contribution in [1.82, 2.24) is 5.32 Å². The number of nitrogens with one attached hydrogen (secondary N) is 1. The molecular formula is C8H17ClN2O2. The van der Waals surface area contributed by atoms with E-state index in [4.69, 9.17) is 10.8 Å². The maximum atomic E-state index is 10.3. The number of amides is 1. The van der Waals surface area contributed by atoms with Crippen LogP contribution in [0, 0.1) is 5.92 Å². The number of nitrogens with two attached hydrogens (primary N) is 1. The van der Waals surface area contributed by atoms with Crippen molar-refractivity contribution in [3.05, 3.63) is 0 Å². The molecule has 0 bridgehead atoms. The van der Waals surface area contributed by atoms with Crippen LogP contribution in [0.3, 0.4) is 0 Å². The smallest absolute Gasteiger partial charge is 0.404 e. The second-order valence-corrected chi connectivity index (χ2v) is 3.40. The van der Waals surface area contributed by atoms with Gasteiger partial charge in [-0.1, -0.05) is 0 Å². The Hall–Kier alpha value is -0.480. The zero-order valence-electron chi connectivity index (χ0n) is 7.53. The Morgan fingerprint density at radius 2 is 1.92 bits per heavy atom. The van der Waals surface area contributed by atoms with Crippen molar-refractivity contribution >= 4 is 18.5 Å². The highest BCUT2D eigenvalue weighted by atomic mass is 35.5. The van der Waals surface area contributed by atoms with Gasteiger partial charge in [0.15, 0.2) is 0 Å². The van der Waals surface area contributed by atoms with Crippen LogP contribution < -0.4 is 11.1 Å². The molecule has 0 atom stereocenters. The molecule has 0 aromatic rings. The molecule has 1 rings (SSSR count). The van der Waals surface area contributed by atoms with Crippen LogP contribution in [0.2, 0.25) is 0 Å². The number of carbonyl (C=O) groups is 1. The van der Waals surface area contributed by atoms with Crippen molar-refractivity contribution in [3.8, 4) is 0 Å². The normalized spacial score (nSPS) is 27.5. The lowest BCUT2D eigenvalue weighted by atomic mass is 9.86. The molecule has 0 heterocycles. The molecule has 1 saturated carbocycles. The average molecular weight is 209 g/mol. The Bertz CT molecular complexity index is 158. The summed E-state index contributed by atoms with van der Waals surface area (Å²) < 4.78 is 0. The van der Waals surface area contributed by atoms with Crippen molar-refractivity contribution in [3.63, 3.8) is 0 Å². The van der Waals surface area contributed by atoms with Gasteiger partial charge >= 0.3 is 6.09 Å². The average Bonchev–Trinajstić information content (AvgIpc) is 2.05. The van der Waals surface area contributed by atoms with Gasteiger partial charge in [0.2, 0.25) is 0 Å². The molecule has 0 spiro atoms. The van der Waals surface area contributed by atoms with Gasteiger partial charge in [0.25, 0.3) is 0 Å². The summed E-state index contributed by atoms with van der Waals surface area (Å²) in [5.74, 6) is 0.608. The molecule has 78 valence electrons. The Morgan fingerprint density at radius 3 is 2.31 bits per heavy atom. The summed E-state index contributed by atoms with van der Waals surface area (Å²) in [5, 5.41) is 11.0. The highest BCUT2D eigenvalue weighted by Gasteiger charge is 2.20. The van der Waals surface area contributed by atoms with E-state index in [0.29, 0.717) is 5.92 Å². The first-order valence-corrected chi connectivity index (χ1v) is 4.42. The molecule has 1 amide bonds. The summed E-state index contributed by atoms with van der Waals surface area (Å²) in [5.41, 5.74) is 5.51. The summed E-state index contributed by atoms with van der Waals surface area (Å²) in [7, 11) is 0.